The van der Waals surface area contributed by atoms with E-state index in [1.54, 1.807) is 0 Å². The molecule has 1 aromatic carbocycles. The lowest BCUT2D eigenvalue weighted by molar-refractivity contribution is 0.663. The summed E-state index contributed by atoms with van der Waals surface area (Å²) in [6, 6.07) is 7.49. The van der Waals surface area contributed by atoms with E-state index < -0.39 is 0 Å². The summed E-state index contributed by atoms with van der Waals surface area (Å²) >= 11 is 0. The third-order valence-electron chi connectivity index (χ3n) is 3.53. The van der Waals surface area contributed by atoms with Gasteiger partial charge in [-0.2, -0.15) is 0 Å². The van der Waals surface area contributed by atoms with Crippen molar-refractivity contribution in [2.75, 3.05) is 11.9 Å². The van der Waals surface area contributed by atoms with Gasteiger partial charge < -0.3 is 10.6 Å². The highest BCUT2D eigenvalue weighted by atomic mass is 15.1. The van der Waals surface area contributed by atoms with Crippen LogP contribution >= 0.6 is 0 Å². The second kappa shape index (κ2) is 6.06. The van der Waals surface area contributed by atoms with E-state index in [0.717, 1.165) is 12.8 Å². The highest BCUT2D eigenvalue weighted by molar-refractivity contribution is 5.51. The predicted octanol–water partition coefficient (Wildman–Crippen LogP) is 3.12. The van der Waals surface area contributed by atoms with Gasteiger partial charge in [-0.3, -0.25) is 0 Å². The minimum atomic E-state index is 0.229. The molecule has 0 bridgehead atoms. The van der Waals surface area contributed by atoms with Crippen LogP contribution in [0, 0.1) is 6.92 Å². The first-order chi connectivity index (χ1) is 7.95. The molecule has 2 unspecified atom stereocenters. The van der Waals surface area contributed by atoms with Crippen LogP contribution in [0.5, 0.6) is 0 Å². The first-order valence-electron chi connectivity index (χ1n) is 6.53. The summed E-state index contributed by atoms with van der Waals surface area (Å²) in [6.45, 7) is 8.70. The lowest BCUT2D eigenvalue weighted by atomic mass is 10.0. The molecule has 0 aliphatic heterocycles. The molecule has 0 heterocycles. The van der Waals surface area contributed by atoms with E-state index in [9.17, 15) is 0 Å². The van der Waals surface area contributed by atoms with Crippen molar-refractivity contribution in [3.05, 3.63) is 29.3 Å². The number of rotatable bonds is 5. The van der Waals surface area contributed by atoms with Crippen LogP contribution in [0.2, 0.25) is 0 Å². The van der Waals surface area contributed by atoms with Crippen molar-refractivity contribution in [1.29, 1.82) is 0 Å². The lowest BCUT2D eigenvalue weighted by Gasteiger charge is -2.27. The van der Waals surface area contributed by atoms with Gasteiger partial charge in [-0.1, -0.05) is 13.0 Å². The average molecular weight is 234 g/mol. The fraction of sp³-hybridized carbons (Fsp3) is 0.600. The van der Waals surface area contributed by atoms with Gasteiger partial charge in [-0.25, -0.2) is 0 Å². The molecule has 1 rings (SSSR count). The summed E-state index contributed by atoms with van der Waals surface area (Å²) < 4.78 is 0. The predicted molar refractivity (Wildman–Crippen MR) is 76.7 cm³/mol. The van der Waals surface area contributed by atoms with Crippen molar-refractivity contribution in [2.24, 2.45) is 5.73 Å². The molecule has 0 saturated heterocycles. The fourth-order valence-electron chi connectivity index (χ4n) is 2.00. The zero-order valence-electron chi connectivity index (χ0n) is 11.8. The van der Waals surface area contributed by atoms with Crippen LogP contribution in [-0.2, 0) is 6.42 Å². The Labute approximate surface area is 106 Å². The van der Waals surface area contributed by atoms with Crippen LogP contribution in [0.25, 0.3) is 0 Å². The summed E-state index contributed by atoms with van der Waals surface area (Å²) in [5, 5.41) is 0. The smallest absolute Gasteiger partial charge is 0.0368 e. The number of hydrogen-bond donors (Lipinski definition) is 1. The number of aryl methyl sites for hydroxylation is 1. The average Bonchev–Trinajstić information content (AvgIpc) is 2.29. The Morgan fingerprint density at radius 2 is 1.94 bits per heavy atom. The van der Waals surface area contributed by atoms with E-state index in [-0.39, 0.29) is 6.04 Å². The number of hydrogen-bond acceptors (Lipinski definition) is 2. The number of benzene rings is 1. The third kappa shape index (κ3) is 3.74. The van der Waals surface area contributed by atoms with Gasteiger partial charge in [-0.15, -0.1) is 0 Å². The van der Waals surface area contributed by atoms with Gasteiger partial charge in [0.25, 0.3) is 0 Å². The van der Waals surface area contributed by atoms with Crippen LogP contribution < -0.4 is 10.6 Å². The van der Waals surface area contributed by atoms with Crippen LogP contribution in [0.4, 0.5) is 5.69 Å². The Morgan fingerprint density at radius 3 is 2.41 bits per heavy atom. The van der Waals surface area contributed by atoms with Crippen LogP contribution in [-0.4, -0.2) is 19.1 Å². The molecule has 0 aliphatic carbocycles. The summed E-state index contributed by atoms with van der Waals surface area (Å²) in [4.78, 5) is 2.34. The first kappa shape index (κ1) is 14.0. The summed E-state index contributed by atoms with van der Waals surface area (Å²) in [5.74, 6) is 0. The summed E-state index contributed by atoms with van der Waals surface area (Å²) in [7, 11) is 2.16. The van der Waals surface area contributed by atoms with Crippen LogP contribution in [0.3, 0.4) is 0 Å². The van der Waals surface area contributed by atoms with E-state index in [1.807, 2.05) is 0 Å². The van der Waals surface area contributed by atoms with Crippen molar-refractivity contribution in [2.45, 2.75) is 52.6 Å². The second-order valence-corrected chi connectivity index (χ2v) is 5.16. The van der Waals surface area contributed by atoms with Gasteiger partial charge >= 0.3 is 0 Å². The number of nitrogens with zero attached hydrogens (tertiary/aromatic N) is 1. The third-order valence-corrected chi connectivity index (χ3v) is 3.53. The fourth-order valence-corrected chi connectivity index (χ4v) is 2.00. The summed E-state index contributed by atoms with van der Waals surface area (Å²) in [6.07, 6.45) is 2.12. The molecule has 0 aliphatic rings. The van der Waals surface area contributed by atoms with Gasteiger partial charge in [0.05, 0.1) is 0 Å². The minimum absolute atomic E-state index is 0.229. The van der Waals surface area contributed by atoms with E-state index in [0.29, 0.717) is 6.04 Å². The lowest BCUT2D eigenvalue weighted by Crippen LogP contribution is -2.28. The Balaban J connectivity index is 2.88. The molecule has 2 nitrogen and oxygen atoms in total. The van der Waals surface area contributed by atoms with Gasteiger partial charge in [0, 0.05) is 24.8 Å². The molecule has 2 atom stereocenters. The number of anilines is 1. The Bertz CT molecular complexity index is 358. The largest absolute Gasteiger partial charge is 0.372 e. The molecule has 2 N–H and O–H groups in total. The molecular weight excluding hydrogens is 208 g/mol. The molecule has 96 valence electrons. The van der Waals surface area contributed by atoms with Crippen molar-refractivity contribution in [3.63, 3.8) is 0 Å². The molecule has 0 radical (unpaired) electrons. The minimum Gasteiger partial charge on any atom is -0.372 e. The van der Waals surface area contributed by atoms with Crippen LogP contribution in [0.1, 0.15) is 38.3 Å². The quantitative estimate of drug-likeness (QED) is 0.848. The van der Waals surface area contributed by atoms with Gasteiger partial charge in [0.2, 0.25) is 0 Å². The number of nitrogens with two attached hydrogens (primary N) is 1. The zero-order valence-corrected chi connectivity index (χ0v) is 11.8. The maximum absolute atomic E-state index is 5.85. The molecule has 0 saturated carbocycles. The van der Waals surface area contributed by atoms with Gasteiger partial charge in [0.1, 0.15) is 0 Å². The Morgan fingerprint density at radius 1 is 1.29 bits per heavy atom. The highest BCUT2D eigenvalue weighted by Crippen LogP contribution is 2.21. The molecule has 17 heavy (non-hydrogen) atoms. The molecule has 0 aromatic heterocycles. The summed E-state index contributed by atoms with van der Waals surface area (Å²) in [5.41, 5.74) is 9.85. The Hall–Kier alpha value is -1.02. The Kier molecular flexibility index (Phi) is 5.01. The monoisotopic (exact) mass is 234 g/mol. The zero-order chi connectivity index (χ0) is 13.0. The van der Waals surface area contributed by atoms with E-state index in [4.69, 9.17) is 5.73 Å². The molecule has 2 heteroatoms. The van der Waals surface area contributed by atoms with Crippen molar-refractivity contribution < 1.29 is 0 Å². The van der Waals surface area contributed by atoms with Crippen molar-refractivity contribution >= 4 is 5.69 Å². The van der Waals surface area contributed by atoms with E-state index in [2.05, 4.69) is 57.8 Å². The van der Waals surface area contributed by atoms with Crippen molar-refractivity contribution in [3.8, 4) is 0 Å². The molecule has 1 aromatic rings. The molecular formula is C15H26N2. The SMILES string of the molecule is CCC(C)N(C)c1ccc(CC(C)N)c(C)c1. The van der Waals surface area contributed by atoms with E-state index >= 15 is 0 Å². The second-order valence-electron chi connectivity index (χ2n) is 5.16. The van der Waals surface area contributed by atoms with Crippen LogP contribution in [0.15, 0.2) is 18.2 Å². The van der Waals surface area contributed by atoms with Gasteiger partial charge in [0.15, 0.2) is 0 Å². The molecule has 0 amide bonds. The van der Waals surface area contributed by atoms with Gasteiger partial charge in [-0.05, 0) is 56.9 Å². The standard InChI is InChI=1S/C15H26N2/c1-6-13(4)17(5)15-8-7-14(10-12(3)16)11(2)9-15/h7-9,12-13H,6,10,16H2,1-5H3. The first-order valence-corrected chi connectivity index (χ1v) is 6.53. The highest BCUT2D eigenvalue weighted by Gasteiger charge is 2.09. The molecule has 0 fully saturated rings. The normalized spacial score (nSPS) is 14.5. The maximum atomic E-state index is 5.85. The molecule has 0 spiro atoms. The van der Waals surface area contributed by atoms with E-state index in [1.165, 1.54) is 16.8 Å². The maximum Gasteiger partial charge on any atom is 0.0368 e. The van der Waals surface area contributed by atoms with Crippen molar-refractivity contribution in [1.82, 2.24) is 0 Å². The topological polar surface area (TPSA) is 29.3 Å².